The molecule has 1 unspecified atom stereocenters. The van der Waals surface area contributed by atoms with Gasteiger partial charge in [-0.25, -0.2) is 4.79 Å². The monoisotopic (exact) mass is 404 g/mol. The molecule has 29 heavy (non-hydrogen) atoms. The maximum absolute atomic E-state index is 11.6. The number of aliphatic hydroxyl groups excluding tert-OH is 1. The van der Waals surface area contributed by atoms with Gasteiger partial charge in [0.2, 0.25) is 0 Å². The molecule has 0 aliphatic carbocycles. The van der Waals surface area contributed by atoms with Crippen LogP contribution < -0.4 is 0 Å². The van der Waals surface area contributed by atoms with Crippen molar-refractivity contribution in [3.63, 3.8) is 0 Å². The Morgan fingerprint density at radius 2 is 1.86 bits per heavy atom. The summed E-state index contributed by atoms with van der Waals surface area (Å²) in [5.41, 5.74) is 2.25. The SMILES string of the molecule is C/C(=C\Cc1c(O)cc2c(c1O)COC2=O)CC/C=C(\C)CCC(O)C(C)(C)O. The van der Waals surface area contributed by atoms with E-state index in [0.717, 1.165) is 24.8 Å². The Morgan fingerprint density at radius 1 is 1.21 bits per heavy atom. The van der Waals surface area contributed by atoms with Crippen molar-refractivity contribution in [1.82, 2.24) is 0 Å². The normalized spacial score (nSPS) is 16.0. The zero-order valence-electron chi connectivity index (χ0n) is 17.7. The average molecular weight is 405 g/mol. The highest BCUT2D eigenvalue weighted by atomic mass is 16.5. The van der Waals surface area contributed by atoms with Crippen LogP contribution in [0.5, 0.6) is 11.5 Å². The van der Waals surface area contributed by atoms with E-state index in [1.165, 1.54) is 11.6 Å². The molecular formula is C23H32O6. The van der Waals surface area contributed by atoms with Crippen LogP contribution in [0.3, 0.4) is 0 Å². The summed E-state index contributed by atoms with van der Waals surface area (Å²) in [5, 5.41) is 40.2. The number of benzene rings is 1. The van der Waals surface area contributed by atoms with E-state index >= 15 is 0 Å². The highest BCUT2D eigenvalue weighted by Gasteiger charge is 2.28. The minimum absolute atomic E-state index is 0.0300. The average Bonchev–Trinajstić information content (AvgIpc) is 2.99. The number of aliphatic hydroxyl groups is 2. The summed E-state index contributed by atoms with van der Waals surface area (Å²) in [6.45, 7) is 7.25. The molecule has 0 radical (unpaired) electrons. The number of rotatable bonds is 9. The van der Waals surface area contributed by atoms with E-state index in [0.29, 0.717) is 24.0 Å². The number of phenols is 2. The van der Waals surface area contributed by atoms with E-state index in [2.05, 4.69) is 6.08 Å². The molecule has 0 fully saturated rings. The molecule has 1 aliphatic rings. The van der Waals surface area contributed by atoms with Crippen LogP contribution in [0.2, 0.25) is 0 Å². The standard InChI is InChI=1S/C23H32O6/c1-14(6-5-7-15(2)9-11-20(25)23(3,4)28)8-10-16-19(24)12-17-18(21(16)26)13-29-22(17)27/h7-8,12,20,24-26,28H,5-6,9-11,13H2,1-4H3/b14-8+,15-7+. The van der Waals surface area contributed by atoms with Gasteiger partial charge in [0.05, 0.1) is 17.3 Å². The number of aromatic hydroxyl groups is 2. The molecule has 2 rings (SSSR count). The Hall–Kier alpha value is -2.31. The van der Waals surface area contributed by atoms with E-state index in [1.54, 1.807) is 13.8 Å². The van der Waals surface area contributed by atoms with Gasteiger partial charge in [-0.15, -0.1) is 0 Å². The van der Waals surface area contributed by atoms with Gasteiger partial charge in [-0.05, 0) is 65.9 Å². The first-order chi connectivity index (χ1) is 13.5. The summed E-state index contributed by atoms with van der Waals surface area (Å²) in [4.78, 5) is 11.6. The topological polar surface area (TPSA) is 107 Å². The molecule has 0 amide bonds. The number of esters is 1. The molecule has 160 valence electrons. The second-order valence-corrected chi connectivity index (χ2v) is 8.38. The summed E-state index contributed by atoms with van der Waals surface area (Å²) in [6, 6.07) is 1.36. The lowest BCUT2D eigenvalue weighted by molar-refractivity contribution is -0.0509. The summed E-state index contributed by atoms with van der Waals surface area (Å²) >= 11 is 0. The third-order valence-corrected chi connectivity index (χ3v) is 5.37. The molecule has 1 aromatic rings. The number of allylic oxidation sites excluding steroid dienone is 4. The Morgan fingerprint density at radius 3 is 2.52 bits per heavy atom. The Balaban J connectivity index is 1.89. The number of carbonyl (C=O) groups is 1. The van der Waals surface area contributed by atoms with Crippen molar-refractivity contribution in [3.05, 3.63) is 46.1 Å². The van der Waals surface area contributed by atoms with E-state index in [1.807, 2.05) is 19.9 Å². The zero-order valence-corrected chi connectivity index (χ0v) is 17.7. The van der Waals surface area contributed by atoms with Gasteiger partial charge < -0.3 is 25.2 Å². The number of ether oxygens (including phenoxy) is 1. The van der Waals surface area contributed by atoms with Gasteiger partial charge in [0.1, 0.15) is 18.1 Å². The summed E-state index contributed by atoms with van der Waals surface area (Å²) in [6.07, 6.45) is 6.63. The third kappa shape index (κ3) is 6.08. The minimum Gasteiger partial charge on any atom is -0.507 e. The number of hydrogen-bond donors (Lipinski definition) is 4. The molecule has 6 heteroatoms. The van der Waals surface area contributed by atoms with Crippen LogP contribution in [0, 0.1) is 0 Å². The van der Waals surface area contributed by atoms with Gasteiger partial charge in [-0.3, -0.25) is 0 Å². The van der Waals surface area contributed by atoms with E-state index < -0.39 is 17.7 Å². The molecule has 0 aromatic heterocycles. The number of hydrogen-bond acceptors (Lipinski definition) is 6. The fourth-order valence-corrected chi connectivity index (χ4v) is 3.23. The first-order valence-corrected chi connectivity index (χ1v) is 9.96. The van der Waals surface area contributed by atoms with Crippen molar-refractivity contribution in [3.8, 4) is 11.5 Å². The molecule has 6 nitrogen and oxygen atoms in total. The molecule has 0 saturated heterocycles. The molecule has 1 heterocycles. The molecule has 0 saturated carbocycles. The number of cyclic esters (lactones) is 1. The second kappa shape index (κ2) is 9.46. The van der Waals surface area contributed by atoms with Gasteiger partial charge in [-0.1, -0.05) is 23.3 Å². The van der Waals surface area contributed by atoms with Crippen molar-refractivity contribution in [1.29, 1.82) is 0 Å². The lowest BCUT2D eigenvalue weighted by Crippen LogP contribution is -2.35. The Labute approximate surface area is 172 Å². The highest BCUT2D eigenvalue weighted by Crippen LogP contribution is 2.38. The van der Waals surface area contributed by atoms with Crippen LogP contribution in [-0.2, 0) is 17.8 Å². The van der Waals surface area contributed by atoms with E-state index in [9.17, 15) is 25.2 Å². The van der Waals surface area contributed by atoms with Crippen LogP contribution in [0.1, 0.15) is 74.9 Å². The maximum Gasteiger partial charge on any atom is 0.339 e. The van der Waals surface area contributed by atoms with Crippen molar-refractivity contribution in [2.45, 2.75) is 78.1 Å². The van der Waals surface area contributed by atoms with Crippen LogP contribution in [0.4, 0.5) is 0 Å². The third-order valence-electron chi connectivity index (χ3n) is 5.37. The van der Waals surface area contributed by atoms with Crippen molar-refractivity contribution < 1.29 is 30.0 Å². The lowest BCUT2D eigenvalue weighted by atomic mass is 9.95. The van der Waals surface area contributed by atoms with Crippen LogP contribution in [0.15, 0.2) is 29.4 Å². The molecule has 1 aliphatic heterocycles. The van der Waals surface area contributed by atoms with Crippen molar-refractivity contribution in [2.24, 2.45) is 0 Å². The second-order valence-electron chi connectivity index (χ2n) is 8.38. The van der Waals surface area contributed by atoms with Crippen molar-refractivity contribution in [2.75, 3.05) is 0 Å². The predicted molar refractivity (Wildman–Crippen MR) is 111 cm³/mol. The highest BCUT2D eigenvalue weighted by molar-refractivity contribution is 5.95. The summed E-state index contributed by atoms with van der Waals surface area (Å²) in [5.74, 6) is -0.706. The molecular weight excluding hydrogens is 372 g/mol. The maximum atomic E-state index is 11.6. The predicted octanol–water partition coefficient (Wildman–Crippen LogP) is 3.90. The molecule has 0 bridgehead atoms. The van der Waals surface area contributed by atoms with Crippen molar-refractivity contribution >= 4 is 5.97 Å². The van der Waals surface area contributed by atoms with Gasteiger partial charge in [0, 0.05) is 11.1 Å². The number of fused-ring (bicyclic) bond motifs is 1. The fourth-order valence-electron chi connectivity index (χ4n) is 3.23. The summed E-state index contributed by atoms with van der Waals surface area (Å²) < 4.78 is 4.91. The molecule has 4 N–H and O–H groups in total. The minimum atomic E-state index is -1.09. The van der Waals surface area contributed by atoms with Crippen LogP contribution >= 0.6 is 0 Å². The molecule has 1 aromatic carbocycles. The summed E-state index contributed by atoms with van der Waals surface area (Å²) in [7, 11) is 0. The fraction of sp³-hybridized carbons (Fsp3) is 0.522. The largest absolute Gasteiger partial charge is 0.507 e. The van der Waals surface area contributed by atoms with E-state index in [-0.39, 0.29) is 23.7 Å². The zero-order chi connectivity index (χ0) is 21.8. The Kier molecular flexibility index (Phi) is 7.49. The lowest BCUT2D eigenvalue weighted by Gasteiger charge is -2.24. The number of phenolic OH excluding ortho intramolecular Hbond substituents is 2. The molecule has 1 atom stereocenters. The quantitative estimate of drug-likeness (QED) is 0.367. The van der Waals surface area contributed by atoms with Crippen LogP contribution in [0.25, 0.3) is 0 Å². The van der Waals surface area contributed by atoms with Gasteiger partial charge in [-0.2, -0.15) is 0 Å². The number of carbonyl (C=O) groups excluding carboxylic acids is 1. The first-order valence-electron chi connectivity index (χ1n) is 9.96. The van der Waals surface area contributed by atoms with Gasteiger partial charge in [0.15, 0.2) is 0 Å². The van der Waals surface area contributed by atoms with Gasteiger partial charge in [0.25, 0.3) is 0 Å². The Bertz CT molecular complexity index is 814. The van der Waals surface area contributed by atoms with E-state index in [4.69, 9.17) is 4.74 Å². The van der Waals surface area contributed by atoms with Gasteiger partial charge >= 0.3 is 5.97 Å². The first kappa shape index (κ1) is 23.0. The smallest absolute Gasteiger partial charge is 0.339 e. The van der Waals surface area contributed by atoms with Crippen LogP contribution in [-0.4, -0.2) is 38.1 Å². The molecule has 0 spiro atoms.